The quantitative estimate of drug-likeness (QED) is 0.0157. The number of phosphoric acid groups is 1. The first-order chi connectivity index (χ1) is 53.7. The van der Waals surface area contributed by atoms with Gasteiger partial charge < -0.3 is 58.5 Å². The summed E-state index contributed by atoms with van der Waals surface area (Å²) in [7, 11) is -4.91. The van der Waals surface area contributed by atoms with Crippen molar-refractivity contribution in [3.8, 4) is 0 Å². The molecule has 3 fully saturated rings. The zero-order chi connectivity index (χ0) is 82.8. The van der Waals surface area contributed by atoms with Crippen LogP contribution >= 0.6 is 7.82 Å². The minimum absolute atomic E-state index is 0.0801. The van der Waals surface area contributed by atoms with Crippen LogP contribution in [0.3, 0.4) is 0 Å². The molecule has 1 aliphatic heterocycles. The number of nitrogens with one attached hydrogen (secondary N) is 2. The van der Waals surface area contributed by atoms with Crippen molar-refractivity contribution < 1.29 is 105 Å². The van der Waals surface area contributed by atoms with Gasteiger partial charge in [-0.05, 0) is 107 Å². The third-order valence-electron chi connectivity index (χ3n) is 23.1. The van der Waals surface area contributed by atoms with E-state index < -0.39 is 177 Å². The van der Waals surface area contributed by atoms with Gasteiger partial charge in [-0.2, -0.15) is 0 Å². The Hall–Kier alpha value is -6.82. The third kappa shape index (κ3) is 28.8. The first kappa shape index (κ1) is 95.0. The monoisotopic (exact) mass is 1600 g/mol. The number of benzene rings is 2. The molecule has 2 aromatic carbocycles. The van der Waals surface area contributed by atoms with E-state index >= 15 is 9.59 Å². The van der Waals surface area contributed by atoms with E-state index in [0.717, 1.165) is 77.0 Å². The van der Waals surface area contributed by atoms with Crippen LogP contribution in [0.1, 0.15) is 311 Å². The highest BCUT2D eigenvalue weighted by Crippen LogP contribution is 2.66. The van der Waals surface area contributed by atoms with Crippen LogP contribution in [0, 0.1) is 28.6 Å². The van der Waals surface area contributed by atoms with Crippen LogP contribution in [-0.2, 0) is 85.1 Å². The molecular weight excluding hydrogens is 1470 g/mol. The number of ether oxygens (including phenoxy) is 8. The smallest absolute Gasteiger partial charge is 0.462 e. The molecule has 2 unspecified atom stereocenters. The normalized spacial score (nSPS) is 23.8. The number of rotatable bonds is 51. The number of amides is 2. The Labute approximate surface area is 672 Å². The molecule has 2 aromatic rings. The van der Waals surface area contributed by atoms with Crippen molar-refractivity contribution in [1.82, 2.24) is 10.6 Å². The second-order valence-electron chi connectivity index (χ2n) is 33.3. The molecule has 0 aromatic heterocycles. The third-order valence-corrected chi connectivity index (χ3v) is 24.1. The number of phosphoric ester groups is 1. The Bertz CT molecular complexity index is 3470. The van der Waals surface area contributed by atoms with Gasteiger partial charge in [-0.15, -0.1) is 0 Å². The second kappa shape index (κ2) is 46.8. The SMILES string of the molecule is CCCCCC/C=C\CCCCCCCCCC(=O)OC(COC(=O)CCCCCCCCCCCCCCC)COP(=O)(O)OCCNC(=O)CCC(=O)O[C@@H](C(=O)O[C@H]1C[C@@]2(O)[C@@H](OC(=O)c3ccccc3)[C@@H]3[C@]4(OC(C)=O)CO[C@@H]4C[C@H](C)[C@@]3(C)C(=O)[C@H](C)C(=C1C)C2(C)C)[C@@H](NC(=O)OC(C)(C)C)c1ccccc1. The standard InChI is InChI=1S/C88H135N2O22P/c1-13-15-17-19-21-23-25-27-28-30-32-34-36-38-46-52-73(94)107-68(59-103-72(93)51-45-37-35-33-31-29-26-24-22-20-18-16-14-2)60-106-113(101,102)105-56-55-89-71(92)53-54-74(95)109-77(76(66-47-41-39-42-48-66)90-83(99)112-84(7,8)9)82(98)108-69-58-88(100)80(110-81(97)67-49-43-40-44-50-67)78-86(12,79(96)64(5)75(63(69)4)85(88,10)11)62(3)57-70-87(78,61-104-70)111-65(6)91/h23,25,39-44,47-50,62,64,68-70,76-78,80,100H,13-22,24,26-38,45-46,51-61H2,1-12H3,(H,89,92)(H,90,99)(H,101,102)/b25-23-/t62-,64+,68?,69-,70+,76-,77+,78-,80-,86+,87-,88+/m0/s1. The molecule has 4 N–H and O–H groups in total. The first-order valence-corrected chi connectivity index (χ1v) is 43.6. The fraction of sp³-hybridized carbons (Fsp3) is 0.716. The lowest BCUT2D eigenvalue weighted by atomic mass is 9.42. The maximum atomic E-state index is 15.9. The summed E-state index contributed by atoms with van der Waals surface area (Å²) in [5.41, 5.74) is -6.76. The number of fused-ring (bicyclic) bond motifs is 5. The Morgan fingerprint density at radius 1 is 0.673 bits per heavy atom. The number of hydrogen-bond acceptors (Lipinski definition) is 21. The number of carbonyl (C=O) groups is 9. The van der Waals surface area contributed by atoms with E-state index in [2.05, 4.69) is 36.6 Å². The molecule has 24 nitrogen and oxygen atoms in total. The average molecular weight is 1600 g/mol. The average Bonchev–Trinajstić information content (AvgIpc) is 0.669. The topological polar surface area (TPSA) is 328 Å². The summed E-state index contributed by atoms with van der Waals surface area (Å²) in [5, 5.41) is 19.3. The van der Waals surface area contributed by atoms with E-state index in [0.29, 0.717) is 24.0 Å². The molecule has 4 aliphatic rings. The van der Waals surface area contributed by atoms with Gasteiger partial charge in [0.05, 0.1) is 37.7 Å². The highest BCUT2D eigenvalue weighted by atomic mass is 31.2. The molecule has 2 bridgehead atoms. The Kier molecular flexibility index (Phi) is 39.4. The summed E-state index contributed by atoms with van der Waals surface area (Å²) in [4.78, 5) is 138. The number of ketones is 1. The van der Waals surface area contributed by atoms with Gasteiger partial charge in [-0.1, -0.05) is 238 Å². The minimum atomic E-state index is -4.91. The number of alkyl carbamates (subject to hydrolysis) is 1. The van der Waals surface area contributed by atoms with Crippen LogP contribution < -0.4 is 10.6 Å². The number of allylic oxidation sites excluding steroid dienone is 2. The molecule has 25 heteroatoms. The van der Waals surface area contributed by atoms with Crippen LogP contribution in [0.4, 0.5) is 4.79 Å². The van der Waals surface area contributed by atoms with E-state index in [-0.39, 0.29) is 49.3 Å². The summed E-state index contributed by atoms with van der Waals surface area (Å²) in [6.07, 6.45) is 24.0. The van der Waals surface area contributed by atoms with Crippen molar-refractivity contribution in [1.29, 1.82) is 0 Å². The Morgan fingerprint density at radius 3 is 1.75 bits per heavy atom. The van der Waals surface area contributed by atoms with Gasteiger partial charge in [0.1, 0.15) is 47.9 Å². The highest BCUT2D eigenvalue weighted by molar-refractivity contribution is 7.47. The van der Waals surface area contributed by atoms with Gasteiger partial charge in [0.2, 0.25) is 12.0 Å². The van der Waals surface area contributed by atoms with Crippen molar-refractivity contribution >= 4 is 61.4 Å². The summed E-state index contributed by atoms with van der Waals surface area (Å²) in [6, 6.07) is 14.5. The molecule has 113 heavy (non-hydrogen) atoms. The van der Waals surface area contributed by atoms with E-state index in [4.69, 9.17) is 46.9 Å². The van der Waals surface area contributed by atoms with Gasteiger partial charge in [0, 0.05) is 55.9 Å². The zero-order valence-electron chi connectivity index (χ0n) is 69.8. The van der Waals surface area contributed by atoms with Crippen LogP contribution in [-0.4, -0.2) is 144 Å². The lowest BCUT2D eigenvalue weighted by Crippen LogP contribution is -2.80. The molecule has 6 rings (SSSR count). The van der Waals surface area contributed by atoms with Crippen molar-refractivity contribution in [2.75, 3.05) is 33.0 Å². The van der Waals surface area contributed by atoms with Crippen molar-refractivity contribution in [3.05, 3.63) is 95.1 Å². The number of hydrogen-bond donors (Lipinski definition) is 4. The summed E-state index contributed by atoms with van der Waals surface area (Å²) < 4.78 is 72.2. The van der Waals surface area contributed by atoms with Gasteiger partial charge in [0.25, 0.3) is 0 Å². The van der Waals surface area contributed by atoms with E-state index in [1.807, 2.05) is 6.92 Å². The predicted octanol–water partition coefficient (Wildman–Crippen LogP) is 17.4. The second-order valence-corrected chi connectivity index (χ2v) is 34.8. The first-order valence-electron chi connectivity index (χ1n) is 42.1. The molecule has 0 radical (unpaired) electrons. The molecular formula is C88H135N2O22P. The van der Waals surface area contributed by atoms with Crippen LogP contribution in [0.15, 0.2) is 84.0 Å². The molecule has 2 saturated carbocycles. The van der Waals surface area contributed by atoms with Crippen LogP contribution in [0.5, 0.6) is 0 Å². The largest absolute Gasteiger partial charge is 0.472 e. The number of aliphatic hydroxyl groups is 1. The van der Waals surface area contributed by atoms with Gasteiger partial charge in [-0.25, -0.2) is 18.9 Å². The number of esters is 6. The molecule has 0 spiro atoms. The van der Waals surface area contributed by atoms with Crippen LogP contribution in [0.2, 0.25) is 0 Å². The Morgan fingerprint density at radius 2 is 1.20 bits per heavy atom. The Balaban J connectivity index is 1.11. The molecule has 2 amide bonds. The molecule has 3 aliphatic carbocycles. The van der Waals surface area contributed by atoms with E-state index in [1.54, 1.807) is 104 Å². The van der Waals surface area contributed by atoms with Gasteiger partial charge in [-0.3, -0.25) is 37.8 Å². The molecule has 13 atom stereocenters. The fourth-order valence-electron chi connectivity index (χ4n) is 16.8. The lowest BCUT2D eigenvalue weighted by molar-refractivity contribution is -0.339. The number of Topliss-reactive ketones (excluding diaryl/α,β-unsaturated/α-hetero) is 1. The molecule has 1 saturated heterocycles. The van der Waals surface area contributed by atoms with Crippen LogP contribution in [0.25, 0.3) is 0 Å². The maximum absolute atomic E-state index is 15.9. The maximum Gasteiger partial charge on any atom is 0.472 e. The van der Waals surface area contributed by atoms with Gasteiger partial charge >= 0.3 is 49.7 Å². The van der Waals surface area contributed by atoms with E-state index in [9.17, 15) is 48.1 Å². The minimum Gasteiger partial charge on any atom is -0.462 e. The van der Waals surface area contributed by atoms with Crippen molar-refractivity contribution in [2.24, 2.45) is 28.6 Å². The fourth-order valence-corrected chi connectivity index (χ4v) is 17.5. The summed E-state index contributed by atoms with van der Waals surface area (Å²) >= 11 is 0. The lowest BCUT2D eigenvalue weighted by Gasteiger charge is -2.68. The molecule has 634 valence electrons. The number of carbonyl (C=O) groups excluding carboxylic acids is 9. The summed E-state index contributed by atoms with van der Waals surface area (Å²) in [6.45, 7) is 18.7. The van der Waals surface area contributed by atoms with Crippen molar-refractivity contribution in [3.63, 3.8) is 0 Å². The zero-order valence-corrected chi connectivity index (χ0v) is 70.7. The van der Waals surface area contributed by atoms with E-state index in [1.165, 1.54) is 96.1 Å². The van der Waals surface area contributed by atoms with Crippen molar-refractivity contribution in [2.45, 2.75) is 342 Å². The van der Waals surface area contributed by atoms with Gasteiger partial charge in [0.15, 0.2) is 11.7 Å². The highest BCUT2D eigenvalue weighted by Gasteiger charge is 2.77. The number of unbranched alkanes of at least 4 members (excludes halogenated alkanes) is 23. The summed E-state index contributed by atoms with van der Waals surface area (Å²) in [5.74, 6) is -8.83. The molecule has 1 heterocycles. The predicted molar refractivity (Wildman–Crippen MR) is 428 cm³/mol.